The maximum Gasteiger partial charge on any atom is 0.335 e. The number of para-hydroxylation sites is 1. The van der Waals surface area contributed by atoms with E-state index in [1.807, 2.05) is 32.0 Å². The van der Waals surface area contributed by atoms with E-state index in [-0.39, 0.29) is 18.1 Å². The van der Waals surface area contributed by atoms with Crippen molar-refractivity contribution in [3.63, 3.8) is 0 Å². The molecular weight excluding hydrogens is 606 g/mol. The van der Waals surface area contributed by atoms with E-state index in [1.165, 1.54) is 6.08 Å². The Hall–Kier alpha value is -3.76. The third-order valence-corrected chi connectivity index (χ3v) is 6.77. The van der Waals surface area contributed by atoms with Crippen molar-refractivity contribution in [3.8, 4) is 5.75 Å². The van der Waals surface area contributed by atoms with Crippen LogP contribution in [0, 0.1) is 13.8 Å². The Labute approximate surface area is 229 Å². The van der Waals surface area contributed by atoms with Gasteiger partial charge in [-0.1, -0.05) is 24.3 Å². The number of imide groups is 2. The van der Waals surface area contributed by atoms with Gasteiger partial charge in [-0.05, 0) is 105 Å². The number of nitrogens with zero attached hydrogens (tertiary/aromatic N) is 1. The third-order valence-electron chi connectivity index (χ3n) is 5.59. The first-order valence-corrected chi connectivity index (χ1v) is 12.7. The minimum atomic E-state index is -0.810. The lowest BCUT2D eigenvalue weighted by atomic mass is 10.1. The van der Waals surface area contributed by atoms with Gasteiger partial charge in [-0.3, -0.25) is 19.7 Å². The molecule has 0 atom stereocenters. The minimum Gasteiger partial charge on any atom is -0.481 e. The first-order chi connectivity index (χ1) is 17.6. The normalized spacial score (nSPS) is 14.5. The lowest BCUT2D eigenvalue weighted by Crippen LogP contribution is -2.54. The Morgan fingerprint density at radius 3 is 2.30 bits per heavy atom. The van der Waals surface area contributed by atoms with E-state index in [2.05, 4.69) is 42.5 Å². The standard InChI is InChI=1S/C27H21Br2N3O5/c1-15-8-9-19(10-16(15)2)32-26(35)20(25(34)31-27(32)36)11-17-12-21(28)24(22(29)13-17)37-14-23(33)30-18-6-4-3-5-7-18/h3-13H,14H2,1-2H3,(H,30,33)(H,31,34,36)/b20-11-. The van der Waals surface area contributed by atoms with E-state index in [4.69, 9.17) is 4.74 Å². The number of hydrogen-bond donors (Lipinski definition) is 2. The number of nitrogens with one attached hydrogen (secondary N) is 2. The van der Waals surface area contributed by atoms with E-state index in [1.54, 1.807) is 42.5 Å². The van der Waals surface area contributed by atoms with Gasteiger partial charge in [-0.2, -0.15) is 0 Å². The lowest BCUT2D eigenvalue weighted by molar-refractivity contribution is -0.122. The number of aryl methyl sites for hydroxylation is 2. The summed E-state index contributed by atoms with van der Waals surface area (Å²) in [4.78, 5) is 51.4. The zero-order chi connectivity index (χ0) is 26.7. The molecule has 0 radical (unpaired) electrons. The summed E-state index contributed by atoms with van der Waals surface area (Å²) in [6.07, 6.45) is 1.39. The van der Waals surface area contributed by atoms with Crippen molar-refractivity contribution in [3.05, 3.63) is 91.9 Å². The molecule has 3 aromatic rings. The molecule has 0 saturated carbocycles. The van der Waals surface area contributed by atoms with Crippen molar-refractivity contribution >= 4 is 73.1 Å². The maximum absolute atomic E-state index is 13.2. The number of amides is 5. The Bertz CT molecular complexity index is 1430. The summed E-state index contributed by atoms with van der Waals surface area (Å²) < 4.78 is 6.66. The maximum atomic E-state index is 13.2. The van der Waals surface area contributed by atoms with Gasteiger partial charge in [0.25, 0.3) is 17.7 Å². The van der Waals surface area contributed by atoms with Crippen molar-refractivity contribution in [2.24, 2.45) is 0 Å². The van der Waals surface area contributed by atoms with Crippen LogP contribution in [0.1, 0.15) is 16.7 Å². The molecule has 10 heteroatoms. The summed E-state index contributed by atoms with van der Waals surface area (Å²) in [5.41, 5.74) is 3.22. The smallest absolute Gasteiger partial charge is 0.335 e. The third kappa shape index (κ3) is 5.98. The molecule has 0 unspecified atom stereocenters. The number of benzene rings is 3. The first-order valence-electron chi connectivity index (χ1n) is 11.1. The minimum absolute atomic E-state index is 0.201. The Balaban J connectivity index is 1.54. The van der Waals surface area contributed by atoms with Crippen LogP contribution < -0.4 is 20.3 Å². The van der Waals surface area contributed by atoms with E-state index in [0.29, 0.717) is 31.6 Å². The predicted octanol–water partition coefficient (Wildman–Crippen LogP) is 5.51. The quantitative estimate of drug-likeness (QED) is 0.277. The van der Waals surface area contributed by atoms with Crippen molar-refractivity contribution in [1.82, 2.24) is 5.32 Å². The summed E-state index contributed by atoms with van der Waals surface area (Å²) in [5, 5.41) is 4.96. The molecule has 1 aliphatic rings. The molecular formula is C27H21Br2N3O5. The summed E-state index contributed by atoms with van der Waals surface area (Å²) in [6, 6.07) is 16.6. The van der Waals surface area contributed by atoms with Gasteiger partial charge in [0.2, 0.25) is 0 Å². The van der Waals surface area contributed by atoms with E-state index >= 15 is 0 Å². The van der Waals surface area contributed by atoms with E-state index < -0.39 is 17.8 Å². The molecule has 188 valence electrons. The summed E-state index contributed by atoms with van der Waals surface area (Å²) >= 11 is 6.83. The number of urea groups is 1. The second kappa shape index (κ2) is 11.1. The van der Waals surface area contributed by atoms with E-state index in [9.17, 15) is 19.2 Å². The number of rotatable bonds is 6. The molecule has 1 heterocycles. The molecule has 3 aromatic carbocycles. The molecule has 1 aliphatic heterocycles. The molecule has 0 bridgehead atoms. The van der Waals surface area contributed by atoms with Gasteiger partial charge >= 0.3 is 6.03 Å². The molecule has 0 aliphatic carbocycles. The van der Waals surface area contributed by atoms with Gasteiger partial charge in [0, 0.05) is 5.69 Å². The molecule has 1 saturated heterocycles. The van der Waals surface area contributed by atoms with Crippen molar-refractivity contribution in [1.29, 1.82) is 0 Å². The second-order valence-corrected chi connectivity index (χ2v) is 9.95. The van der Waals surface area contributed by atoms with Crippen molar-refractivity contribution in [2.45, 2.75) is 13.8 Å². The molecule has 37 heavy (non-hydrogen) atoms. The number of carbonyl (C=O) groups is 4. The Kier molecular flexibility index (Phi) is 7.89. The van der Waals surface area contributed by atoms with Gasteiger partial charge in [0.15, 0.2) is 6.61 Å². The first kappa shape index (κ1) is 26.3. The molecule has 2 N–H and O–H groups in total. The largest absolute Gasteiger partial charge is 0.481 e. The molecule has 4 rings (SSSR count). The number of halogens is 2. The highest BCUT2D eigenvalue weighted by atomic mass is 79.9. The van der Waals surface area contributed by atoms with E-state index in [0.717, 1.165) is 16.0 Å². The second-order valence-electron chi connectivity index (χ2n) is 8.24. The van der Waals surface area contributed by atoms with Crippen molar-refractivity contribution < 1.29 is 23.9 Å². The highest BCUT2D eigenvalue weighted by molar-refractivity contribution is 9.11. The molecule has 8 nitrogen and oxygen atoms in total. The molecule has 0 spiro atoms. The number of carbonyl (C=O) groups excluding carboxylic acids is 4. The average molecular weight is 627 g/mol. The zero-order valence-corrected chi connectivity index (χ0v) is 23.0. The number of ether oxygens (including phenoxy) is 1. The van der Waals surface area contributed by atoms with Gasteiger partial charge in [0.05, 0.1) is 14.6 Å². The fourth-order valence-corrected chi connectivity index (χ4v) is 5.03. The summed E-state index contributed by atoms with van der Waals surface area (Å²) in [7, 11) is 0. The number of anilines is 2. The molecule has 1 fully saturated rings. The van der Waals surface area contributed by atoms with Crippen molar-refractivity contribution in [2.75, 3.05) is 16.8 Å². The number of barbiturate groups is 1. The molecule has 5 amide bonds. The van der Waals surface area contributed by atoms with Gasteiger partial charge in [0.1, 0.15) is 11.3 Å². The van der Waals surface area contributed by atoms with Crippen LogP contribution in [0.5, 0.6) is 5.75 Å². The lowest BCUT2D eigenvalue weighted by Gasteiger charge is -2.27. The Morgan fingerprint density at radius 2 is 1.65 bits per heavy atom. The fourth-order valence-electron chi connectivity index (χ4n) is 3.58. The Morgan fingerprint density at radius 1 is 0.973 bits per heavy atom. The van der Waals surface area contributed by atoms with Crippen LogP contribution in [0.3, 0.4) is 0 Å². The summed E-state index contributed by atoms with van der Waals surface area (Å²) in [5.74, 6) is -1.49. The summed E-state index contributed by atoms with van der Waals surface area (Å²) in [6.45, 7) is 3.56. The van der Waals surface area contributed by atoms with Crippen LogP contribution in [-0.4, -0.2) is 30.4 Å². The zero-order valence-electron chi connectivity index (χ0n) is 19.8. The molecule has 0 aromatic heterocycles. The fraction of sp³-hybridized carbons (Fsp3) is 0.111. The van der Waals surface area contributed by atoms with Crippen LogP contribution >= 0.6 is 31.9 Å². The van der Waals surface area contributed by atoms with Crippen LogP contribution in [0.4, 0.5) is 16.2 Å². The van der Waals surface area contributed by atoms with Crippen LogP contribution in [0.25, 0.3) is 6.08 Å². The average Bonchev–Trinajstić information content (AvgIpc) is 2.84. The topological polar surface area (TPSA) is 105 Å². The van der Waals surface area contributed by atoms with Crippen LogP contribution in [0.15, 0.2) is 75.2 Å². The monoisotopic (exact) mass is 625 g/mol. The van der Waals surface area contributed by atoms with Gasteiger partial charge in [-0.15, -0.1) is 0 Å². The van der Waals surface area contributed by atoms with Crippen LogP contribution in [0.2, 0.25) is 0 Å². The van der Waals surface area contributed by atoms with Gasteiger partial charge in [-0.25, -0.2) is 9.69 Å². The SMILES string of the molecule is Cc1ccc(N2C(=O)NC(=O)/C(=C/c3cc(Br)c(OCC(=O)Nc4ccccc4)c(Br)c3)C2=O)cc1C. The highest BCUT2D eigenvalue weighted by Crippen LogP contribution is 2.36. The number of hydrogen-bond acceptors (Lipinski definition) is 5. The predicted molar refractivity (Wildman–Crippen MR) is 147 cm³/mol. The highest BCUT2D eigenvalue weighted by Gasteiger charge is 2.37. The van der Waals surface area contributed by atoms with Gasteiger partial charge < -0.3 is 10.1 Å². The van der Waals surface area contributed by atoms with Crippen LogP contribution in [-0.2, 0) is 14.4 Å².